The predicted molar refractivity (Wildman–Crippen MR) is 80.5 cm³/mol. The van der Waals surface area contributed by atoms with Crippen molar-refractivity contribution in [2.24, 2.45) is 5.92 Å². The van der Waals surface area contributed by atoms with Crippen LogP contribution < -0.4 is 10.2 Å². The molecule has 0 bridgehead atoms. The van der Waals surface area contributed by atoms with Crippen LogP contribution in [0.3, 0.4) is 0 Å². The van der Waals surface area contributed by atoms with Crippen LogP contribution in [0, 0.1) is 11.7 Å². The Labute approximate surface area is 120 Å². The lowest BCUT2D eigenvalue weighted by Gasteiger charge is -2.26. The number of benzene rings is 1. The van der Waals surface area contributed by atoms with Crippen molar-refractivity contribution in [1.29, 1.82) is 0 Å². The van der Waals surface area contributed by atoms with Gasteiger partial charge in [0.05, 0.1) is 0 Å². The van der Waals surface area contributed by atoms with E-state index in [4.69, 9.17) is 0 Å². The van der Waals surface area contributed by atoms with E-state index in [0.29, 0.717) is 12.0 Å². The number of nitrogens with one attached hydrogen (secondary N) is 1. The number of anilines is 1. The van der Waals surface area contributed by atoms with Crippen LogP contribution in [-0.4, -0.2) is 31.9 Å². The number of rotatable bonds is 7. The summed E-state index contributed by atoms with van der Waals surface area (Å²) < 4.78 is 13.4. The Morgan fingerprint density at radius 2 is 2.10 bits per heavy atom. The lowest BCUT2D eigenvalue weighted by Crippen LogP contribution is -2.34. The molecule has 1 saturated carbocycles. The fourth-order valence-corrected chi connectivity index (χ4v) is 2.77. The van der Waals surface area contributed by atoms with Crippen molar-refractivity contribution in [3.63, 3.8) is 0 Å². The highest BCUT2D eigenvalue weighted by Gasteiger charge is 2.31. The highest BCUT2D eigenvalue weighted by molar-refractivity contribution is 5.54. The normalized spacial score (nSPS) is 17.9. The minimum atomic E-state index is -0.209. The van der Waals surface area contributed by atoms with Crippen LogP contribution in [0.5, 0.6) is 0 Å². The average Bonchev–Trinajstić information content (AvgIpc) is 3.22. The lowest BCUT2D eigenvalue weighted by molar-refractivity contribution is 0.250. The Morgan fingerprint density at radius 1 is 1.40 bits per heavy atom. The smallest absolute Gasteiger partial charge is 0.125 e. The second-order valence-electron chi connectivity index (χ2n) is 5.94. The van der Waals surface area contributed by atoms with Gasteiger partial charge in [-0.05, 0) is 49.8 Å². The van der Waals surface area contributed by atoms with E-state index in [-0.39, 0.29) is 18.5 Å². The summed E-state index contributed by atoms with van der Waals surface area (Å²) in [4.78, 5) is 1.94. The Hall–Kier alpha value is -1.13. The molecular formula is C16H25FN2O. The Balaban J connectivity index is 2.13. The van der Waals surface area contributed by atoms with Gasteiger partial charge < -0.3 is 15.3 Å². The second kappa shape index (κ2) is 6.55. The first-order chi connectivity index (χ1) is 9.52. The SMILES string of the molecule is CC(NC(CCO)C1CC1)c1ccc(F)cc1N(C)C. The largest absolute Gasteiger partial charge is 0.396 e. The van der Waals surface area contributed by atoms with Crippen molar-refractivity contribution < 1.29 is 9.50 Å². The molecule has 1 aromatic carbocycles. The molecule has 3 nitrogen and oxygen atoms in total. The molecule has 1 aliphatic rings. The molecule has 0 radical (unpaired) electrons. The fourth-order valence-electron chi connectivity index (χ4n) is 2.77. The fraction of sp³-hybridized carbons (Fsp3) is 0.625. The average molecular weight is 280 g/mol. The Bertz CT molecular complexity index is 446. The molecule has 4 heteroatoms. The molecule has 2 unspecified atom stereocenters. The van der Waals surface area contributed by atoms with E-state index in [9.17, 15) is 9.50 Å². The summed E-state index contributed by atoms with van der Waals surface area (Å²) in [6.45, 7) is 2.32. The molecule has 2 rings (SSSR count). The van der Waals surface area contributed by atoms with Gasteiger partial charge in [0.2, 0.25) is 0 Å². The van der Waals surface area contributed by atoms with Gasteiger partial charge in [0.25, 0.3) is 0 Å². The summed E-state index contributed by atoms with van der Waals surface area (Å²) >= 11 is 0. The zero-order valence-corrected chi connectivity index (χ0v) is 12.6. The van der Waals surface area contributed by atoms with Gasteiger partial charge in [-0.25, -0.2) is 4.39 Å². The van der Waals surface area contributed by atoms with Gasteiger partial charge in [0, 0.05) is 38.5 Å². The number of nitrogens with zero attached hydrogens (tertiary/aromatic N) is 1. The summed E-state index contributed by atoms with van der Waals surface area (Å²) in [6.07, 6.45) is 3.27. The van der Waals surface area contributed by atoms with Crippen LogP contribution in [-0.2, 0) is 0 Å². The standard InChI is InChI=1S/C16H25FN2O/c1-11(18-15(8-9-20)12-4-5-12)14-7-6-13(17)10-16(14)19(2)3/h6-7,10-12,15,18,20H,4-5,8-9H2,1-3H3. The summed E-state index contributed by atoms with van der Waals surface area (Å²) in [5.74, 6) is 0.478. The second-order valence-corrected chi connectivity index (χ2v) is 5.94. The maximum Gasteiger partial charge on any atom is 0.125 e. The number of aliphatic hydroxyl groups is 1. The van der Waals surface area contributed by atoms with Crippen LogP contribution in [0.2, 0.25) is 0 Å². The van der Waals surface area contributed by atoms with E-state index >= 15 is 0 Å². The first-order valence-corrected chi connectivity index (χ1v) is 7.36. The molecule has 1 aromatic rings. The van der Waals surface area contributed by atoms with Crippen LogP contribution >= 0.6 is 0 Å². The summed E-state index contributed by atoms with van der Waals surface area (Å²) in [7, 11) is 3.86. The Morgan fingerprint density at radius 3 is 2.65 bits per heavy atom. The first-order valence-electron chi connectivity index (χ1n) is 7.36. The van der Waals surface area contributed by atoms with Crippen molar-refractivity contribution in [2.75, 3.05) is 25.6 Å². The molecule has 2 atom stereocenters. The van der Waals surface area contributed by atoms with Crippen molar-refractivity contribution in [1.82, 2.24) is 5.32 Å². The number of halogens is 1. The maximum atomic E-state index is 13.4. The highest BCUT2D eigenvalue weighted by Crippen LogP contribution is 2.36. The van der Waals surface area contributed by atoms with Crippen molar-refractivity contribution in [3.05, 3.63) is 29.6 Å². The first kappa shape index (κ1) is 15.3. The molecule has 2 N–H and O–H groups in total. The molecule has 0 aromatic heterocycles. The third-order valence-corrected chi connectivity index (χ3v) is 4.04. The molecule has 1 fully saturated rings. The summed E-state index contributed by atoms with van der Waals surface area (Å²) in [5.41, 5.74) is 2.00. The van der Waals surface area contributed by atoms with Crippen LogP contribution in [0.4, 0.5) is 10.1 Å². The van der Waals surface area contributed by atoms with E-state index in [2.05, 4.69) is 12.2 Å². The minimum Gasteiger partial charge on any atom is -0.396 e. The number of aliphatic hydroxyl groups excluding tert-OH is 1. The molecule has 20 heavy (non-hydrogen) atoms. The van der Waals surface area contributed by atoms with Crippen molar-refractivity contribution in [2.45, 2.75) is 38.3 Å². The molecule has 0 saturated heterocycles. The molecule has 0 heterocycles. The monoisotopic (exact) mass is 280 g/mol. The van der Waals surface area contributed by atoms with Crippen molar-refractivity contribution in [3.8, 4) is 0 Å². The van der Waals surface area contributed by atoms with E-state index in [1.54, 1.807) is 6.07 Å². The molecule has 112 valence electrons. The Kier molecular flexibility index (Phi) is 5.00. The van der Waals surface area contributed by atoms with E-state index < -0.39 is 0 Å². The molecule has 0 aliphatic heterocycles. The maximum absolute atomic E-state index is 13.4. The van der Waals surface area contributed by atoms with Crippen LogP contribution in [0.15, 0.2) is 18.2 Å². The summed E-state index contributed by atoms with van der Waals surface area (Å²) in [5, 5.41) is 12.8. The third-order valence-electron chi connectivity index (χ3n) is 4.04. The molecule has 1 aliphatic carbocycles. The van der Waals surface area contributed by atoms with Crippen molar-refractivity contribution >= 4 is 5.69 Å². The van der Waals surface area contributed by atoms with Gasteiger partial charge >= 0.3 is 0 Å². The summed E-state index contributed by atoms with van der Waals surface area (Å²) in [6, 6.07) is 5.44. The molecule has 0 spiro atoms. The minimum absolute atomic E-state index is 0.144. The van der Waals surface area contributed by atoms with Gasteiger partial charge in [-0.15, -0.1) is 0 Å². The quantitative estimate of drug-likeness (QED) is 0.806. The zero-order valence-electron chi connectivity index (χ0n) is 12.6. The molecule has 0 amide bonds. The number of hydrogen-bond acceptors (Lipinski definition) is 3. The van der Waals surface area contributed by atoms with Crippen LogP contribution in [0.25, 0.3) is 0 Å². The van der Waals surface area contributed by atoms with E-state index in [1.807, 2.05) is 25.1 Å². The van der Waals surface area contributed by atoms with Gasteiger partial charge in [-0.3, -0.25) is 0 Å². The third kappa shape index (κ3) is 3.70. The number of hydrogen-bond donors (Lipinski definition) is 2. The van der Waals surface area contributed by atoms with Gasteiger partial charge in [-0.1, -0.05) is 6.07 Å². The van der Waals surface area contributed by atoms with Gasteiger partial charge in [0.15, 0.2) is 0 Å². The zero-order chi connectivity index (χ0) is 14.7. The highest BCUT2D eigenvalue weighted by atomic mass is 19.1. The van der Waals surface area contributed by atoms with Gasteiger partial charge in [-0.2, -0.15) is 0 Å². The van der Waals surface area contributed by atoms with E-state index in [0.717, 1.165) is 17.7 Å². The molecular weight excluding hydrogens is 255 g/mol. The van der Waals surface area contributed by atoms with Crippen LogP contribution in [0.1, 0.15) is 37.8 Å². The topological polar surface area (TPSA) is 35.5 Å². The predicted octanol–water partition coefficient (Wildman–Crippen LogP) is 2.70. The lowest BCUT2D eigenvalue weighted by atomic mass is 10.0. The van der Waals surface area contributed by atoms with E-state index in [1.165, 1.54) is 18.9 Å². The van der Waals surface area contributed by atoms with Gasteiger partial charge in [0.1, 0.15) is 5.82 Å².